The summed E-state index contributed by atoms with van der Waals surface area (Å²) in [6.07, 6.45) is 3.82. The van der Waals surface area contributed by atoms with E-state index in [1.54, 1.807) is 36.4 Å². The van der Waals surface area contributed by atoms with Gasteiger partial charge in [-0.3, -0.25) is 4.79 Å². The van der Waals surface area contributed by atoms with Crippen LogP contribution in [0.3, 0.4) is 0 Å². The van der Waals surface area contributed by atoms with Crippen LogP contribution in [0.4, 0.5) is 0 Å². The van der Waals surface area contributed by atoms with E-state index >= 15 is 0 Å². The topological polar surface area (TPSA) is 44.8 Å². The number of carbonyl (C=O) groups is 1. The fraction of sp³-hybridized carbons (Fsp3) is 0.286. The second-order valence-electron chi connectivity index (χ2n) is 6.13. The predicted molar refractivity (Wildman–Crippen MR) is 118 cm³/mol. The van der Waals surface area contributed by atoms with Gasteiger partial charge in [0.2, 0.25) is 0 Å². The van der Waals surface area contributed by atoms with E-state index in [9.17, 15) is 4.79 Å². The summed E-state index contributed by atoms with van der Waals surface area (Å²) in [5.41, 5.74) is 0.614. The number of hydrogen-bond donors (Lipinski definition) is 0. The Morgan fingerprint density at radius 1 is 1.03 bits per heavy atom. The molecule has 0 saturated heterocycles. The van der Waals surface area contributed by atoms with Crippen LogP contribution in [0.1, 0.15) is 30.1 Å². The van der Waals surface area contributed by atoms with Gasteiger partial charge in [0.05, 0.1) is 22.8 Å². The molecule has 0 N–H and O–H groups in total. The first-order chi connectivity index (χ1) is 13.9. The van der Waals surface area contributed by atoms with E-state index in [-0.39, 0.29) is 17.2 Å². The Morgan fingerprint density at radius 3 is 2.28 bits per heavy atom. The third kappa shape index (κ3) is 8.35. The second-order valence-corrected chi connectivity index (χ2v) is 7.95. The van der Waals surface area contributed by atoms with Gasteiger partial charge < -0.3 is 14.2 Å². The van der Waals surface area contributed by atoms with E-state index in [0.717, 1.165) is 24.9 Å². The molecule has 2 rings (SSSR count). The van der Waals surface area contributed by atoms with Gasteiger partial charge in [-0.2, -0.15) is 0 Å². The molecule has 4 nitrogen and oxygen atoms in total. The molecule has 0 amide bonds. The van der Waals surface area contributed by atoms with Crippen LogP contribution < -0.4 is 14.2 Å². The zero-order valence-electron chi connectivity index (χ0n) is 15.7. The SMILES string of the molecule is CC(CCCOc1c(Cl)cc(OCC=C(Cl)Cl)cc1Cl)Oc1ccc(C=O)cc1. The molecule has 0 aliphatic carbocycles. The number of halogens is 4. The highest BCUT2D eigenvalue weighted by Gasteiger charge is 2.11. The van der Waals surface area contributed by atoms with Gasteiger partial charge >= 0.3 is 0 Å². The lowest BCUT2D eigenvalue weighted by Crippen LogP contribution is -2.13. The molecule has 1 atom stereocenters. The molecule has 2 aromatic rings. The average Bonchev–Trinajstić information content (AvgIpc) is 2.67. The third-order valence-corrected chi connectivity index (χ3v) is 4.68. The van der Waals surface area contributed by atoms with E-state index in [1.807, 2.05) is 6.92 Å². The number of benzene rings is 2. The molecule has 0 fully saturated rings. The molecule has 0 aliphatic heterocycles. The molecule has 0 aromatic heterocycles. The van der Waals surface area contributed by atoms with Crippen molar-refractivity contribution in [1.29, 1.82) is 0 Å². The van der Waals surface area contributed by atoms with Crippen molar-refractivity contribution in [3.05, 3.63) is 62.6 Å². The van der Waals surface area contributed by atoms with Crippen LogP contribution in [-0.4, -0.2) is 25.6 Å². The zero-order chi connectivity index (χ0) is 21.2. The van der Waals surface area contributed by atoms with Crippen molar-refractivity contribution >= 4 is 52.7 Å². The van der Waals surface area contributed by atoms with Gasteiger partial charge in [-0.25, -0.2) is 0 Å². The van der Waals surface area contributed by atoms with Gasteiger partial charge in [-0.15, -0.1) is 0 Å². The molecule has 156 valence electrons. The minimum Gasteiger partial charge on any atom is -0.491 e. The van der Waals surface area contributed by atoms with Crippen molar-refractivity contribution in [1.82, 2.24) is 0 Å². The van der Waals surface area contributed by atoms with Gasteiger partial charge in [0.1, 0.15) is 28.9 Å². The minimum absolute atomic E-state index is 0.00999. The Morgan fingerprint density at radius 2 is 1.69 bits per heavy atom. The third-order valence-electron chi connectivity index (χ3n) is 3.81. The van der Waals surface area contributed by atoms with Crippen molar-refractivity contribution in [2.75, 3.05) is 13.2 Å². The van der Waals surface area contributed by atoms with Gasteiger partial charge in [0, 0.05) is 17.7 Å². The van der Waals surface area contributed by atoms with Crippen molar-refractivity contribution in [3.63, 3.8) is 0 Å². The maximum atomic E-state index is 10.7. The molecular formula is C21H20Cl4O4. The molecule has 0 radical (unpaired) electrons. The predicted octanol–water partition coefficient (Wildman–Crippen LogP) is 7.13. The second kappa shape index (κ2) is 12.2. The minimum atomic E-state index is -0.00999. The Bertz CT molecular complexity index is 810. The molecule has 0 spiro atoms. The van der Waals surface area contributed by atoms with Crippen LogP contribution in [0.15, 0.2) is 47.0 Å². The maximum absolute atomic E-state index is 10.7. The van der Waals surface area contributed by atoms with Crippen LogP contribution in [0.25, 0.3) is 0 Å². The first-order valence-electron chi connectivity index (χ1n) is 8.86. The summed E-state index contributed by atoms with van der Waals surface area (Å²) in [5.74, 6) is 1.61. The maximum Gasteiger partial charge on any atom is 0.156 e. The van der Waals surface area contributed by atoms with Crippen LogP contribution in [0.5, 0.6) is 17.2 Å². The van der Waals surface area contributed by atoms with E-state index in [1.165, 1.54) is 6.08 Å². The Kier molecular flexibility index (Phi) is 9.95. The summed E-state index contributed by atoms with van der Waals surface area (Å²) in [4.78, 5) is 10.7. The average molecular weight is 478 g/mol. The van der Waals surface area contributed by atoms with Crippen LogP contribution in [-0.2, 0) is 0 Å². The van der Waals surface area contributed by atoms with Crippen molar-refractivity contribution in [2.24, 2.45) is 0 Å². The lowest BCUT2D eigenvalue weighted by molar-refractivity contribution is 0.112. The molecule has 0 bridgehead atoms. The number of ether oxygens (including phenoxy) is 3. The highest BCUT2D eigenvalue weighted by atomic mass is 35.5. The Hall–Kier alpha value is -1.59. The molecule has 29 heavy (non-hydrogen) atoms. The van der Waals surface area contributed by atoms with E-state index in [0.29, 0.717) is 33.7 Å². The zero-order valence-corrected chi connectivity index (χ0v) is 18.7. The molecule has 0 heterocycles. The van der Waals surface area contributed by atoms with E-state index in [2.05, 4.69) is 0 Å². The Labute approximate surface area is 190 Å². The monoisotopic (exact) mass is 476 g/mol. The fourth-order valence-electron chi connectivity index (χ4n) is 2.42. The molecular weight excluding hydrogens is 458 g/mol. The lowest BCUT2D eigenvalue weighted by atomic mass is 10.2. The van der Waals surface area contributed by atoms with Gasteiger partial charge in [0.25, 0.3) is 0 Å². The fourth-order valence-corrected chi connectivity index (χ4v) is 3.12. The van der Waals surface area contributed by atoms with Gasteiger partial charge in [-0.05, 0) is 50.1 Å². The van der Waals surface area contributed by atoms with Crippen molar-refractivity contribution in [3.8, 4) is 17.2 Å². The summed E-state index contributed by atoms with van der Waals surface area (Å²) >= 11 is 23.6. The summed E-state index contributed by atoms with van der Waals surface area (Å²) in [6.45, 7) is 2.61. The van der Waals surface area contributed by atoms with Gasteiger partial charge in [-0.1, -0.05) is 46.4 Å². The largest absolute Gasteiger partial charge is 0.491 e. The number of aldehydes is 1. The molecule has 8 heteroatoms. The van der Waals surface area contributed by atoms with Gasteiger partial charge in [0.15, 0.2) is 5.75 Å². The van der Waals surface area contributed by atoms with Crippen molar-refractivity contribution < 1.29 is 19.0 Å². The lowest BCUT2D eigenvalue weighted by Gasteiger charge is -2.16. The van der Waals surface area contributed by atoms with Crippen LogP contribution >= 0.6 is 46.4 Å². The highest BCUT2D eigenvalue weighted by Crippen LogP contribution is 2.37. The Balaban J connectivity index is 1.78. The first kappa shape index (κ1) is 23.7. The molecule has 2 aromatic carbocycles. The van der Waals surface area contributed by atoms with E-state index in [4.69, 9.17) is 60.6 Å². The first-order valence-corrected chi connectivity index (χ1v) is 10.4. The number of rotatable bonds is 11. The standard InChI is InChI=1S/C21H20Cl4O4/c1-14(29-16-6-4-15(13-26)5-7-16)3-2-9-28-21-18(22)11-17(12-19(21)23)27-10-8-20(24)25/h4-8,11-14H,2-3,9-10H2,1H3. The van der Waals surface area contributed by atoms with Crippen LogP contribution in [0, 0.1) is 0 Å². The van der Waals surface area contributed by atoms with Crippen molar-refractivity contribution in [2.45, 2.75) is 25.9 Å². The summed E-state index contributed by atoms with van der Waals surface area (Å²) in [7, 11) is 0. The molecule has 0 aliphatic rings. The number of carbonyl (C=O) groups excluding carboxylic acids is 1. The van der Waals surface area contributed by atoms with Crippen LogP contribution in [0.2, 0.25) is 10.0 Å². The summed E-state index contributed by atoms with van der Waals surface area (Å²) in [5, 5.41) is 0.709. The molecule has 0 saturated carbocycles. The normalized spacial score (nSPS) is 11.5. The smallest absolute Gasteiger partial charge is 0.156 e. The highest BCUT2D eigenvalue weighted by molar-refractivity contribution is 6.55. The quantitative estimate of drug-likeness (QED) is 0.255. The number of hydrogen-bond acceptors (Lipinski definition) is 4. The summed E-state index contributed by atoms with van der Waals surface area (Å²) in [6, 6.07) is 10.2. The summed E-state index contributed by atoms with van der Waals surface area (Å²) < 4.78 is 17.1. The molecule has 1 unspecified atom stereocenters. The van der Waals surface area contributed by atoms with E-state index < -0.39 is 0 Å².